The van der Waals surface area contributed by atoms with Gasteiger partial charge in [-0.2, -0.15) is 0 Å². The van der Waals surface area contributed by atoms with Crippen LogP contribution < -0.4 is 10.5 Å². The molecule has 0 atom stereocenters. The average Bonchev–Trinajstić information content (AvgIpc) is 2.82. The Morgan fingerprint density at radius 2 is 2.00 bits per heavy atom. The van der Waals surface area contributed by atoms with E-state index in [1.807, 2.05) is 28.9 Å². The van der Waals surface area contributed by atoms with Crippen molar-refractivity contribution in [2.24, 2.45) is 5.73 Å². The van der Waals surface area contributed by atoms with Gasteiger partial charge in [0.2, 0.25) is 0 Å². The molecule has 0 bridgehead atoms. The van der Waals surface area contributed by atoms with E-state index in [0.29, 0.717) is 6.54 Å². The van der Waals surface area contributed by atoms with Gasteiger partial charge in [0, 0.05) is 6.54 Å². The molecule has 0 radical (unpaired) electrons. The topological polar surface area (TPSA) is 66.0 Å². The molecular weight excluding hydrogens is 228 g/mol. The third kappa shape index (κ3) is 2.36. The third-order valence-corrected chi connectivity index (χ3v) is 2.84. The van der Waals surface area contributed by atoms with Crippen molar-refractivity contribution in [1.29, 1.82) is 0 Å². The number of hydrogen-bond donors (Lipinski definition) is 1. The molecule has 0 fully saturated rings. The number of benzene rings is 1. The van der Waals surface area contributed by atoms with Crippen LogP contribution in [0.3, 0.4) is 0 Å². The van der Waals surface area contributed by atoms with Crippen LogP contribution >= 0.6 is 0 Å². The summed E-state index contributed by atoms with van der Waals surface area (Å²) < 4.78 is 7.00. The summed E-state index contributed by atoms with van der Waals surface area (Å²) in [5.74, 6) is 0.829. The monoisotopic (exact) mass is 246 g/mol. The standard InChI is InChI=1S/C13H18N4O/c1-3-4-13-12(9-14)15-16-17(13)10-5-7-11(18-2)8-6-10/h5-8H,3-4,9,14H2,1-2H3. The van der Waals surface area contributed by atoms with Gasteiger partial charge in [-0.15, -0.1) is 5.10 Å². The second kappa shape index (κ2) is 5.64. The Labute approximate surface area is 107 Å². The van der Waals surface area contributed by atoms with Crippen LogP contribution in [-0.2, 0) is 13.0 Å². The van der Waals surface area contributed by atoms with E-state index >= 15 is 0 Å². The van der Waals surface area contributed by atoms with Gasteiger partial charge in [0.05, 0.1) is 24.2 Å². The third-order valence-electron chi connectivity index (χ3n) is 2.84. The van der Waals surface area contributed by atoms with Crippen LogP contribution in [0.1, 0.15) is 24.7 Å². The fourth-order valence-corrected chi connectivity index (χ4v) is 1.91. The summed E-state index contributed by atoms with van der Waals surface area (Å²) in [6, 6.07) is 7.75. The second-order valence-electron chi connectivity index (χ2n) is 4.05. The summed E-state index contributed by atoms with van der Waals surface area (Å²) in [5, 5.41) is 8.31. The second-order valence-corrected chi connectivity index (χ2v) is 4.05. The van der Waals surface area contributed by atoms with Gasteiger partial charge in [0.15, 0.2) is 0 Å². The maximum Gasteiger partial charge on any atom is 0.119 e. The Hall–Kier alpha value is -1.88. The van der Waals surface area contributed by atoms with Crippen molar-refractivity contribution < 1.29 is 4.74 Å². The summed E-state index contributed by atoms with van der Waals surface area (Å²) in [6.07, 6.45) is 1.96. The minimum absolute atomic E-state index is 0.422. The van der Waals surface area contributed by atoms with E-state index in [0.717, 1.165) is 35.7 Å². The number of nitrogens with two attached hydrogens (primary N) is 1. The molecule has 1 aromatic heterocycles. The van der Waals surface area contributed by atoms with Crippen LogP contribution in [0.2, 0.25) is 0 Å². The maximum absolute atomic E-state index is 5.68. The van der Waals surface area contributed by atoms with Crippen molar-refractivity contribution in [3.05, 3.63) is 35.7 Å². The first-order valence-corrected chi connectivity index (χ1v) is 6.08. The summed E-state index contributed by atoms with van der Waals surface area (Å²) >= 11 is 0. The van der Waals surface area contributed by atoms with Crippen molar-refractivity contribution in [3.63, 3.8) is 0 Å². The highest BCUT2D eigenvalue weighted by Crippen LogP contribution is 2.18. The van der Waals surface area contributed by atoms with E-state index in [1.54, 1.807) is 7.11 Å². The molecule has 0 aliphatic heterocycles. The molecule has 2 N–H and O–H groups in total. The zero-order valence-corrected chi connectivity index (χ0v) is 10.8. The molecule has 0 aliphatic carbocycles. The fraction of sp³-hybridized carbons (Fsp3) is 0.385. The summed E-state index contributed by atoms with van der Waals surface area (Å²) in [5.41, 5.74) is 8.62. The lowest BCUT2D eigenvalue weighted by Crippen LogP contribution is -2.06. The van der Waals surface area contributed by atoms with Gasteiger partial charge < -0.3 is 10.5 Å². The molecule has 1 aromatic carbocycles. The van der Waals surface area contributed by atoms with Crippen LogP contribution in [0.15, 0.2) is 24.3 Å². The number of rotatable bonds is 5. The minimum Gasteiger partial charge on any atom is -0.497 e. The molecule has 5 nitrogen and oxygen atoms in total. The van der Waals surface area contributed by atoms with Crippen LogP contribution in [0.5, 0.6) is 5.75 Å². The molecule has 0 amide bonds. The summed E-state index contributed by atoms with van der Waals surface area (Å²) in [6.45, 7) is 2.55. The summed E-state index contributed by atoms with van der Waals surface area (Å²) in [7, 11) is 1.65. The Morgan fingerprint density at radius 3 is 2.56 bits per heavy atom. The Bertz CT molecular complexity index is 504. The molecule has 0 saturated carbocycles. The number of methoxy groups -OCH3 is 1. The largest absolute Gasteiger partial charge is 0.497 e. The highest BCUT2D eigenvalue weighted by Gasteiger charge is 2.12. The van der Waals surface area contributed by atoms with Gasteiger partial charge in [-0.3, -0.25) is 0 Å². The first-order valence-electron chi connectivity index (χ1n) is 6.08. The van der Waals surface area contributed by atoms with Gasteiger partial charge in [-0.05, 0) is 30.7 Å². The predicted molar refractivity (Wildman–Crippen MR) is 69.8 cm³/mol. The highest BCUT2D eigenvalue weighted by molar-refractivity contribution is 5.38. The van der Waals surface area contributed by atoms with E-state index in [2.05, 4.69) is 17.2 Å². The molecule has 1 heterocycles. The molecule has 0 saturated heterocycles. The quantitative estimate of drug-likeness (QED) is 0.871. The SMILES string of the molecule is CCCc1c(CN)nnn1-c1ccc(OC)cc1. The van der Waals surface area contributed by atoms with E-state index in [-0.39, 0.29) is 0 Å². The van der Waals surface area contributed by atoms with E-state index in [1.165, 1.54) is 0 Å². The van der Waals surface area contributed by atoms with E-state index in [4.69, 9.17) is 10.5 Å². The van der Waals surface area contributed by atoms with Crippen molar-refractivity contribution >= 4 is 0 Å². The molecule has 96 valence electrons. The van der Waals surface area contributed by atoms with Crippen molar-refractivity contribution in [2.75, 3.05) is 7.11 Å². The molecular formula is C13H18N4O. The van der Waals surface area contributed by atoms with Crippen LogP contribution in [0, 0.1) is 0 Å². The highest BCUT2D eigenvalue weighted by atomic mass is 16.5. The zero-order chi connectivity index (χ0) is 13.0. The van der Waals surface area contributed by atoms with E-state index < -0.39 is 0 Å². The number of hydrogen-bond acceptors (Lipinski definition) is 4. The first-order chi connectivity index (χ1) is 8.80. The van der Waals surface area contributed by atoms with E-state index in [9.17, 15) is 0 Å². The fourth-order valence-electron chi connectivity index (χ4n) is 1.91. The molecule has 0 spiro atoms. The minimum atomic E-state index is 0.422. The average molecular weight is 246 g/mol. The lowest BCUT2D eigenvalue weighted by Gasteiger charge is -2.07. The van der Waals surface area contributed by atoms with Gasteiger partial charge in [-0.25, -0.2) is 4.68 Å². The molecule has 0 aliphatic rings. The molecule has 0 unspecified atom stereocenters. The van der Waals surface area contributed by atoms with Crippen LogP contribution in [0.4, 0.5) is 0 Å². The Kier molecular flexibility index (Phi) is 3.94. The van der Waals surface area contributed by atoms with Gasteiger partial charge in [0.25, 0.3) is 0 Å². The molecule has 5 heteroatoms. The summed E-state index contributed by atoms with van der Waals surface area (Å²) in [4.78, 5) is 0. The van der Waals surface area contributed by atoms with Crippen molar-refractivity contribution in [1.82, 2.24) is 15.0 Å². The van der Waals surface area contributed by atoms with Gasteiger partial charge >= 0.3 is 0 Å². The zero-order valence-electron chi connectivity index (χ0n) is 10.8. The molecule has 18 heavy (non-hydrogen) atoms. The van der Waals surface area contributed by atoms with Crippen molar-refractivity contribution in [3.8, 4) is 11.4 Å². The lowest BCUT2D eigenvalue weighted by atomic mass is 10.2. The van der Waals surface area contributed by atoms with Crippen molar-refractivity contribution in [2.45, 2.75) is 26.3 Å². The smallest absolute Gasteiger partial charge is 0.119 e. The normalized spacial score (nSPS) is 10.6. The van der Waals surface area contributed by atoms with Crippen LogP contribution in [0.25, 0.3) is 5.69 Å². The molecule has 2 rings (SSSR count). The van der Waals surface area contributed by atoms with Crippen LogP contribution in [-0.4, -0.2) is 22.1 Å². The number of aromatic nitrogens is 3. The maximum atomic E-state index is 5.68. The lowest BCUT2D eigenvalue weighted by molar-refractivity contribution is 0.414. The number of ether oxygens (including phenoxy) is 1. The van der Waals surface area contributed by atoms with Gasteiger partial charge in [-0.1, -0.05) is 18.6 Å². The molecule has 2 aromatic rings. The predicted octanol–water partition coefficient (Wildman–Crippen LogP) is 1.69. The Balaban J connectivity index is 2.39. The number of nitrogens with zero attached hydrogens (tertiary/aromatic N) is 3. The Morgan fingerprint density at radius 1 is 1.28 bits per heavy atom. The van der Waals surface area contributed by atoms with Gasteiger partial charge in [0.1, 0.15) is 5.75 Å². The first kappa shape index (κ1) is 12.6.